The predicted octanol–water partition coefficient (Wildman–Crippen LogP) is 9.87. The number of ether oxygens (including phenoxy) is 2. The number of esters is 1. The first-order chi connectivity index (χ1) is 29.0. The lowest BCUT2D eigenvalue weighted by molar-refractivity contribution is -0.220. The maximum absolute atomic E-state index is 12.8. The molecule has 1 rings (SSSR count). The molecule has 0 aromatic heterocycles. The molecule has 0 aromatic rings. The highest BCUT2D eigenvalue weighted by Crippen LogP contribution is 2.47. The molecule has 0 heterocycles. The molecule has 0 aromatic carbocycles. The summed E-state index contributed by atoms with van der Waals surface area (Å²) >= 11 is 0. The first-order valence-electron chi connectivity index (χ1n) is 23.8. The van der Waals surface area contributed by atoms with Crippen LogP contribution < -0.4 is 0 Å². The highest BCUT2D eigenvalue weighted by atomic mass is 31.2. The van der Waals surface area contributed by atoms with Crippen LogP contribution in [0.25, 0.3) is 0 Å². The standard InChI is InChI=1S/C47H87O12P/c1-3-5-7-9-11-13-15-17-18-19-20-21-22-23-25-27-29-31-33-35-37-56-38-40(39-57-60(54,55)59-47-45(52)43(50)42(49)44(51)46(47)53)58-41(48)36-34-32-30-28-26-24-16-14-12-10-8-6-4-2/h8,10,14,16-18,40,42-47,49-53H,3-7,9,11-13,15,19-39H2,1-2H3,(H,54,55)/b10-8-,16-14-,18-17-. The van der Waals surface area contributed by atoms with E-state index >= 15 is 0 Å². The fourth-order valence-corrected chi connectivity index (χ4v) is 8.13. The number of aliphatic hydroxyl groups is 5. The third kappa shape index (κ3) is 29.8. The van der Waals surface area contributed by atoms with Gasteiger partial charge in [0.05, 0.1) is 13.2 Å². The molecule has 13 heteroatoms. The highest BCUT2D eigenvalue weighted by Gasteiger charge is 2.51. The summed E-state index contributed by atoms with van der Waals surface area (Å²) in [7, 11) is -5.02. The summed E-state index contributed by atoms with van der Waals surface area (Å²) in [4.78, 5) is 23.1. The van der Waals surface area contributed by atoms with Crippen molar-refractivity contribution in [1.82, 2.24) is 0 Å². The van der Waals surface area contributed by atoms with Gasteiger partial charge in [-0.3, -0.25) is 13.8 Å². The monoisotopic (exact) mass is 875 g/mol. The van der Waals surface area contributed by atoms with Crippen molar-refractivity contribution in [3.8, 4) is 0 Å². The van der Waals surface area contributed by atoms with Crippen LogP contribution in [0.2, 0.25) is 0 Å². The van der Waals surface area contributed by atoms with E-state index in [0.717, 1.165) is 70.6 Å². The summed E-state index contributed by atoms with van der Waals surface area (Å²) in [5, 5.41) is 50.2. The second-order valence-corrected chi connectivity index (χ2v) is 18.0. The van der Waals surface area contributed by atoms with Gasteiger partial charge in [-0.2, -0.15) is 0 Å². The first kappa shape index (κ1) is 56.6. The smallest absolute Gasteiger partial charge is 0.457 e. The van der Waals surface area contributed by atoms with Crippen LogP contribution in [0.4, 0.5) is 0 Å². The summed E-state index contributed by atoms with van der Waals surface area (Å²) < 4.78 is 34.2. The number of aliphatic hydroxyl groups excluding tert-OH is 5. The zero-order valence-electron chi connectivity index (χ0n) is 37.5. The largest absolute Gasteiger partial charge is 0.472 e. The zero-order valence-corrected chi connectivity index (χ0v) is 38.4. The van der Waals surface area contributed by atoms with Gasteiger partial charge in [-0.1, -0.05) is 159 Å². The Kier molecular flexibility index (Phi) is 35.9. The van der Waals surface area contributed by atoms with Crippen LogP contribution in [0.3, 0.4) is 0 Å². The van der Waals surface area contributed by atoms with Crippen molar-refractivity contribution in [2.75, 3.05) is 19.8 Å². The Balaban J connectivity index is 2.36. The number of unbranched alkanes of at least 4 members (excludes halogenated alkanes) is 22. The Hall–Kier alpha value is -1.44. The number of hydrogen-bond acceptors (Lipinski definition) is 11. The lowest BCUT2D eigenvalue weighted by Crippen LogP contribution is -2.64. The van der Waals surface area contributed by atoms with Gasteiger partial charge in [0.25, 0.3) is 0 Å². The van der Waals surface area contributed by atoms with Crippen LogP contribution in [0, 0.1) is 0 Å². The minimum absolute atomic E-state index is 0.0825. The average molecular weight is 875 g/mol. The van der Waals surface area contributed by atoms with E-state index in [0.29, 0.717) is 13.0 Å². The molecule has 6 unspecified atom stereocenters. The molecule has 1 fully saturated rings. The normalized spacial score (nSPS) is 22.6. The van der Waals surface area contributed by atoms with Crippen molar-refractivity contribution < 1.29 is 58.3 Å². The van der Waals surface area contributed by atoms with Gasteiger partial charge in [-0.25, -0.2) is 4.57 Å². The summed E-state index contributed by atoms with van der Waals surface area (Å²) in [6.45, 7) is 4.18. The van der Waals surface area contributed by atoms with Crippen molar-refractivity contribution in [1.29, 1.82) is 0 Å². The Labute approximate surface area is 363 Å². The molecule has 6 N–H and O–H groups in total. The Morgan fingerprint density at radius 3 is 1.48 bits per heavy atom. The van der Waals surface area contributed by atoms with Gasteiger partial charge in [0, 0.05) is 13.0 Å². The van der Waals surface area contributed by atoms with Crippen molar-refractivity contribution in [2.24, 2.45) is 0 Å². The Morgan fingerprint density at radius 1 is 0.533 bits per heavy atom. The second-order valence-electron chi connectivity index (χ2n) is 16.6. The minimum Gasteiger partial charge on any atom is -0.457 e. The minimum atomic E-state index is -5.02. The van der Waals surface area contributed by atoms with Gasteiger partial charge < -0.3 is 39.9 Å². The molecule has 0 aliphatic heterocycles. The molecule has 0 radical (unpaired) electrons. The van der Waals surface area contributed by atoms with E-state index in [4.69, 9.17) is 18.5 Å². The summed E-state index contributed by atoms with van der Waals surface area (Å²) in [6.07, 6.45) is 32.2. The van der Waals surface area contributed by atoms with E-state index in [1.807, 2.05) is 0 Å². The van der Waals surface area contributed by atoms with Gasteiger partial charge in [-0.05, 0) is 64.2 Å². The molecule has 1 saturated carbocycles. The van der Waals surface area contributed by atoms with Crippen LogP contribution in [0.5, 0.6) is 0 Å². The number of carbonyl (C=O) groups excluding carboxylic acids is 1. The maximum atomic E-state index is 12.8. The lowest BCUT2D eigenvalue weighted by Gasteiger charge is -2.41. The number of allylic oxidation sites excluding steroid dienone is 6. The van der Waals surface area contributed by atoms with Crippen LogP contribution in [-0.4, -0.2) is 98.9 Å². The van der Waals surface area contributed by atoms with Crippen molar-refractivity contribution in [3.05, 3.63) is 36.5 Å². The molecule has 0 bridgehead atoms. The predicted molar refractivity (Wildman–Crippen MR) is 239 cm³/mol. The number of phosphoric ester groups is 1. The fourth-order valence-electron chi connectivity index (χ4n) is 7.15. The third-order valence-electron chi connectivity index (χ3n) is 11.0. The summed E-state index contributed by atoms with van der Waals surface area (Å²) in [6, 6.07) is 0. The van der Waals surface area contributed by atoms with Gasteiger partial charge in [0.2, 0.25) is 0 Å². The average Bonchev–Trinajstić information content (AvgIpc) is 3.23. The van der Waals surface area contributed by atoms with Gasteiger partial charge >= 0.3 is 13.8 Å². The molecular formula is C47H87O12P. The quantitative estimate of drug-likeness (QED) is 0.0148. The van der Waals surface area contributed by atoms with E-state index in [1.165, 1.54) is 96.3 Å². The lowest BCUT2D eigenvalue weighted by atomic mass is 9.85. The number of hydrogen-bond donors (Lipinski definition) is 6. The molecule has 0 saturated heterocycles. The summed E-state index contributed by atoms with van der Waals surface area (Å²) in [5.74, 6) is -0.492. The molecular weight excluding hydrogens is 787 g/mol. The number of phosphoric acid groups is 1. The van der Waals surface area contributed by atoms with E-state index in [1.54, 1.807) is 0 Å². The topological polar surface area (TPSA) is 192 Å². The second kappa shape index (κ2) is 38.1. The van der Waals surface area contributed by atoms with Gasteiger partial charge in [-0.15, -0.1) is 0 Å². The number of carbonyl (C=O) groups is 1. The maximum Gasteiger partial charge on any atom is 0.472 e. The molecule has 0 amide bonds. The molecule has 1 aliphatic rings. The van der Waals surface area contributed by atoms with E-state index in [-0.39, 0.29) is 13.0 Å². The van der Waals surface area contributed by atoms with E-state index in [2.05, 4.69) is 50.3 Å². The Bertz CT molecular complexity index is 1130. The molecule has 0 spiro atoms. The van der Waals surface area contributed by atoms with Crippen molar-refractivity contribution in [2.45, 2.75) is 236 Å². The van der Waals surface area contributed by atoms with Gasteiger partial charge in [0.1, 0.15) is 42.7 Å². The molecule has 12 nitrogen and oxygen atoms in total. The van der Waals surface area contributed by atoms with Crippen molar-refractivity contribution >= 4 is 13.8 Å². The van der Waals surface area contributed by atoms with Crippen LogP contribution in [0.15, 0.2) is 36.5 Å². The SMILES string of the molecule is CCC/C=C\C/C=C\CCCCCCCC(=O)OC(COCCCCCCCCCCCC/C=C\CCCCCCCC)COP(=O)(O)OC1C(O)C(O)C(O)C(O)C1O. The van der Waals surface area contributed by atoms with Crippen molar-refractivity contribution in [3.63, 3.8) is 0 Å². The molecule has 60 heavy (non-hydrogen) atoms. The van der Waals surface area contributed by atoms with E-state index < -0.39 is 63.1 Å². The van der Waals surface area contributed by atoms with E-state index in [9.17, 15) is 39.8 Å². The third-order valence-corrected chi connectivity index (χ3v) is 12.0. The Morgan fingerprint density at radius 2 is 0.967 bits per heavy atom. The zero-order chi connectivity index (χ0) is 44.1. The van der Waals surface area contributed by atoms with Crippen LogP contribution >= 0.6 is 7.82 Å². The van der Waals surface area contributed by atoms with Crippen LogP contribution in [0.1, 0.15) is 194 Å². The summed E-state index contributed by atoms with van der Waals surface area (Å²) in [5.41, 5.74) is 0. The van der Waals surface area contributed by atoms with Gasteiger partial charge in [0.15, 0.2) is 0 Å². The molecule has 352 valence electrons. The molecule has 6 atom stereocenters. The van der Waals surface area contributed by atoms with Crippen LogP contribution in [-0.2, 0) is 27.9 Å². The number of rotatable bonds is 40. The first-order valence-corrected chi connectivity index (χ1v) is 25.3. The molecule has 1 aliphatic carbocycles. The fraction of sp³-hybridized carbons (Fsp3) is 0.851. The highest BCUT2D eigenvalue weighted by molar-refractivity contribution is 7.47.